The minimum absolute atomic E-state index is 0.00955. The summed E-state index contributed by atoms with van der Waals surface area (Å²) in [6.45, 7) is 11.7. The molecule has 4 rings (SSSR count). The number of urea groups is 1. The summed E-state index contributed by atoms with van der Waals surface area (Å²) in [6.07, 6.45) is 2.76. The van der Waals surface area contributed by atoms with Crippen LogP contribution >= 0.6 is 0 Å². The standard InChI is InChI=1S/C24H36N4O2/c1-18(2)15-27-16-23(24(17-27)11-12-26(4)21(24)29)9-13-28(14-10-23)22(30)25-20-7-5-19(3)6-8-20/h5-8,18H,9-17H2,1-4H3,(H,25,30). The van der Waals surface area contributed by atoms with E-state index in [1.54, 1.807) is 0 Å². The number of piperidine rings is 1. The number of rotatable bonds is 3. The molecule has 0 aromatic heterocycles. The van der Waals surface area contributed by atoms with Crippen molar-refractivity contribution < 1.29 is 9.59 Å². The summed E-state index contributed by atoms with van der Waals surface area (Å²) in [4.78, 5) is 32.5. The maximum Gasteiger partial charge on any atom is 0.321 e. The molecule has 1 aromatic carbocycles. The first-order valence-electron chi connectivity index (χ1n) is 11.4. The highest BCUT2D eigenvalue weighted by Crippen LogP contribution is 2.57. The minimum Gasteiger partial charge on any atom is -0.345 e. The summed E-state index contributed by atoms with van der Waals surface area (Å²) in [5, 5.41) is 3.03. The van der Waals surface area contributed by atoms with Crippen LogP contribution in [0.15, 0.2) is 24.3 Å². The Kier molecular flexibility index (Phi) is 5.56. The highest BCUT2D eigenvalue weighted by molar-refractivity contribution is 5.89. The molecule has 6 heteroatoms. The number of nitrogens with zero attached hydrogens (tertiary/aromatic N) is 3. The second-order valence-electron chi connectivity index (χ2n) is 10.2. The van der Waals surface area contributed by atoms with E-state index in [0.29, 0.717) is 24.9 Å². The van der Waals surface area contributed by atoms with Crippen LogP contribution < -0.4 is 5.32 Å². The zero-order valence-electron chi connectivity index (χ0n) is 18.9. The van der Waals surface area contributed by atoms with Gasteiger partial charge in [0, 0.05) is 57.4 Å². The van der Waals surface area contributed by atoms with E-state index < -0.39 is 0 Å². The fraction of sp³-hybridized carbons (Fsp3) is 0.667. The summed E-state index contributed by atoms with van der Waals surface area (Å²) in [6, 6.07) is 7.88. The lowest BCUT2D eigenvalue weighted by atomic mass is 9.60. The molecule has 30 heavy (non-hydrogen) atoms. The number of amides is 3. The molecule has 3 amide bonds. The average molecular weight is 413 g/mol. The Morgan fingerprint density at radius 3 is 2.30 bits per heavy atom. The molecule has 0 aliphatic carbocycles. The van der Waals surface area contributed by atoms with Crippen LogP contribution in [0.1, 0.15) is 38.7 Å². The minimum atomic E-state index is -0.268. The second-order valence-corrected chi connectivity index (χ2v) is 10.2. The van der Waals surface area contributed by atoms with Gasteiger partial charge in [-0.15, -0.1) is 0 Å². The molecule has 1 unspecified atom stereocenters. The maximum absolute atomic E-state index is 13.3. The van der Waals surface area contributed by atoms with Gasteiger partial charge in [0.1, 0.15) is 0 Å². The second kappa shape index (κ2) is 7.88. The molecule has 1 N–H and O–H groups in total. The number of hydrogen-bond donors (Lipinski definition) is 1. The van der Waals surface area contributed by atoms with E-state index in [9.17, 15) is 9.59 Å². The monoisotopic (exact) mass is 412 g/mol. The number of benzene rings is 1. The van der Waals surface area contributed by atoms with Crippen LogP contribution in [-0.2, 0) is 4.79 Å². The summed E-state index contributed by atoms with van der Waals surface area (Å²) >= 11 is 0. The Balaban J connectivity index is 1.47. The molecule has 1 aromatic rings. The quantitative estimate of drug-likeness (QED) is 0.828. The Bertz CT molecular complexity index is 798. The molecule has 2 spiro atoms. The number of nitrogens with one attached hydrogen (secondary N) is 1. The number of fused-ring (bicyclic) bond motifs is 1. The molecular weight excluding hydrogens is 376 g/mol. The number of likely N-dealkylation sites (tertiary alicyclic amines) is 3. The van der Waals surface area contributed by atoms with Crippen molar-refractivity contribution in [2.24, 2.45) is 16.7 Å². The Labute approximate surface area is 180 Å². The third kappa shape index (κ3) is 3.59. The van der Waals surface area contributed by atoms with E-state index in [-0.39, 0.29) is 16.9 Å². The normalized spacial score (nSPS) is 26.4. The van der Waals surface area contributed by atoms with Crippen LogP contribution in [0.2, 0.25) is 0 Å². The van der Waals surface area contributed by atoms with Gasteiger partial charge in [-0.25, -0.2) is 4.79 Å². The zero-order valence-corrected chi connectivity index (χ0v) is 18.9. The fourth-order valence-electron chi connectivity index (χ4n) is 6.02. The molecule has 3 saturated heterocycles. The van der Waals surface area contributed by atoms with Crippen molar-refractivity contribution in [1.82, 2.24) is 14.7 Å². The third-order valence-corrected chi connectivity index (χ3v) is 7.60. The smallest absolute Gasteiger partial charge is 0.321 e. The highest BCUT2D eigenvalue weighted by atomic mass is 16.2. The van der Waals surface area contributed by atoms with Crippen LogP contribution in [0.3, 0.4) is 0 Å². The molecule has 164 valence electrons. The topological polar surface area (TPSA) is 55.9 Å². The van der Waals surface area contributed by atoms with Crippen molar-refractivity contribution in [3.05, 3.63) is 29.8 Å². The predicted octanol–water partition coefficient (Wildman–Crippen LogP) is 3.43. The van der Waals surface area contributed by atoms with Crippen LogP contribution in [0.5, 0.6) is 0 Å². The van der Waals surface area contributed by atoms with Gasteiger partial charge in [0.15, 0.2) is 0 Å². The molecule has 0 radical (unpaired) electrons. The van der Waals surface area contributed by atoms with Gasteiger partial charge in [0.25, 0.3) is 0 Å². The molecule has 3 fully saturated rings. The Morgan fingerprint density at radius 1 is 1.07 bits per heavy atom. The van der Waals surface area contributed by atoms with Gasteiger partial charge in [0.2, 0.25) is 5.91 Å². The number of carbonyl (C=O) groups is 2. The highest BCUT2D eigenvalue weighted by Gasteiger charge is 2.64. The van der Waals surface area contributed by atoms with Crippen molar-refractivity contribution in [2.75, 3.05) is 51.6 Å². The molecule has 3 aliphatic rings. The van der Waals surface area contributed by atoms with E-state index in [4.69, 9.17) is 0 Å². The van der Waals surface area contributed by atoms with E-state index in [1.165, 1.54) is 5.56 Å². The first kappa shape index (κ1) is 21.2. The van der Waals surface area contributed by atoms with E-state index in [1.807, 2.05) is 48.0 Å². The molecule has 3 aliphatic heterocycles. The number of hydrogen-bond acceptors (Lipinski definition) is 3. The maximum atomic E-state index is 13.3. The van der Waals surface area contributed by atoms with Crippen molar-refractivity contribution in [1.29, 1.82) is 0 Å². The van der Waals surface area contributed by atoms with Crippen molar-refractivity contribution >= 4 is 17.6 Å². The fourth-order valence-corrected chi connectivity index (χ4v) is 6.02. The first-order valence-corrected chi connectivity index (χ1v) is 11.4. The van der Waals surface area contributed by atoms with E-state index in [0.717, 1.165) is 51.1 Å². The SMILES string of the molecule is Cc1ccc(NC(=O)N2CCC3(CC2)CN(CC(C)C)CC32CCN(C)C2=O)cc1. The van der Waals surface area contributed by atoms with Crippen LogP contribution in [0.25, 0.3) is 0 Å². The van der Waals surface area contributed by atoms with Crippen molar-refractivity contribution in [3.8, 4) is 0 Å². The molecule has 0 bridgehead atoms. The molecule has 0 saturated carbocycles. The van der Waals surface area contributed by atoms with Crippen molar-refractivity contribution in [2.45, 2.75) is 40.0 Å². The summed E-state index contributed by atoms with van der Waals surface area (Å²) in [5.74, 6) is 0.915. The Hall–Kier alpha value is -2.08. The van der Waals surface area contributed by atoms with Gasteiger partial charge in [-0.1, -0.05) is 31.5 Å². The summed E-state index contributed by atoms with van der Waals surface area (Å²) < 4.78 is 0. The lowest BCUT2D eigenvalue weighted by Crippen LogP contribution is -2.54. The number of carbonyl (C=O) groups excluding carboxylic acids is 2. The van der Waals surface area contributed by atoms with Gasteiger partial charge >= 0.3 is 6.03 Å². The van der Waals surface area contributed by atoms with Crippen LogP contribution in [-0.4, -0.2) is 73.0 Å². The number of anilines is 1. The zero-order chi connectivity index (χ0) is 21.5. The molecule has 6 nitrogen and oxygen atoms in total. The average Bonchev–Trinajstić information content (AvgIpc) is 3.15. The third-order valence-electron chi connectivity index (χ3n) is 7.60. The van der Waals surface area contributed by atoms with E-state index >= 15 is 0 Å². The van der Waals surface area contributed by atoms with Gasteiger partial charge in [-0.2, -0.15) is 0 Å². The molecular formula is C24H36N4O2. The van der Waals surface area contributed by atoms with Gasteiger partial charge < -0.3 is 20.0 Å². The molecule has 1 atom stereocenters. The summed E-state index contributed by atoms with van der Waals surface area (Å²) in [5.41, 5.74) is 1.73. The van der Waals surface area contributed by atoms with Gasteiger partial charge in [0.05, 0.1) is 5.41 Å². The largest absolute Gasteiger partial charge is 0.345 e. The van der Waals surface area contributed by atoms with Gasteiger partial charge in [-0.3, -0.25) is 4.79 Å². The Morgan fingerprint density at radius 2 is 1.73 bits per heavy atom. The van der Waals surface area contributed by atoms with Crippen LogP contribution in [0.4, 0.5) is 10.5 Å². The summed E-state index contributed by atoms with van der Waals surface area (Å²) in [7, 11) is 1.94. The molecule has 3 heterocycles. The predicted molar refractivity (Wildman–Crippen MR) is 119 cm³/mol. The lowest BCUT2D eigenvalue weighted by Gasteiger charge is -2.46. The van der Waals surface area contributed by atoms with Crippen LogP contribution in [0, 0.1) is 23.7 Å². The van der Waals surface area contributed by atoms with E-state index in [2.05, 4.69) is 24.1 Å². The lowest BCUT2D eigenvalue weighted by molar-refractivity contribution is -0.141. The van der Waals surface area contributed by atoms with Gasteiger partial charge in [-0.05, 0) is 44.2 Å². The number of aryl methyl sites for hydroxylation is 1. The first-order chi connectivity index (χ1) is 14.2. The van der Waals surface area contributed by atoms with Crippen molar-refractivity contribution in [3.63, 3.8) is 0 Å².